The highest BCUT2D eigenvalue weighted by Crippen LogP contribution is 2.21. The fourth-order valence-electron chi connectivity index (χ4n) is 1.82. The van der Waals surface area contributed by atoms with E-state index >= 15 is 0 Å². The summed E-state index contributed by atoms with van der Waals surface area (Å²) in [6.45, 7) is 6.94. The van der Waals surface area contributed by atoms with Gasteiger partial charge in [-0.2, -0.15) is 0 Å². The van der Waals surface area contributed by atoms with E-state index in [9.17, 15) is 4.79 Å². The van der Waals surface area contributed by atoms with E-state index in [-0.39, 0.29) is 11.9 Å². The topological polar surface area (TPSA) is 64.3 Å². The molecule has 0 bridgehead atoms. The molecule has 0 spiro atoms. The van der Waals surface area contributed by atoms with Crippen molar-refractivity contribution < 1.29 is 9.53 Å². The number of hydrogen-bond donors (Lipinski definition) is 2. The number of para-hydroxylation sites is 1. The first kappa shape index (κ1) is 15.5. The molecular formula is C15H24N2O2. The second-order valence-electron chi connectivity index (χ2n) is 4.94. The first-order valence-corrected chi connectivity index (χ1v) is 6.72. The lowest BCUT2D eigenvalue weighted by Gasteiger charge is -2.12. The minimum absolute atomic E-state index is 0.0300. The van der Waals surface area contributed by atoms with Gasteiger partial charge in [0.15, 0.2) is 0 Å². The van der Waals surface area contributed by atoms with Gasteiger partial charge < -0.3 is 15.8 Å². The summed E-state index contributed by atoms with van der Waals surface area (Å²) < 4.78 is 5.70. The quantitative estimate of drug-likeness (QED) is 0.740. The highest BCUT2D eigenvalue weighted by molar-refractivity contribution is 5.75. The third-order valence-corrected chi connectivity index (χ3v) is 2.91. The Kier molecular flexibility index (Phi) is 6.36. The normalized spacial score (nSPS) is 12.0. The van der Waals surface area contributed by atoms with Crippen LogP contribution in [0.5, 0.6) is 5.75 Å². The van der Waals surface area contributed by atoms with Gasteiger partial charge in [-0.25, -0.2) is 0 Å². The number of nitrogens with two attached hydrogens (primary N) is 1. The molecule has 0 fully saturated rings. The van der Waals surface area contributed by atoms with Crippen molar-refractivity contribution >= 4 is 5.91 Å². The standard InChI is InChI=1S/C15H24N2O2/c1-11-5-4-6-12(2)15(11)19-10-9-17-14(18)8-7-13(3)16/h4-6,13H,7-10,16H2,1-3H3,(H,17,18). The van der Waals surface area contributed by atoms with Crippen LogP contribution in [0.25, 0.3) is 0 Å². The first-order chi connectivity index (χ1) is 9.00. The smallest absolute Gasteiger partial charge is 0.220 e. The van der Waals surface area contributed by atoms with Gasteiger partial charge in [-0.05, 0) is 38.3 Å². The van der Waals surface area contributed by atoms with E-state index in [1.54, 1.807) is 0 Å². The number of carbonyl (C=O) groups is 1. The maximum Gasteiger partial charge on any atom is 0.220 e. The molecule has 0 aromatic heterocycles. The molecule has 0 heterocycles. The molecule has 19 heavy (non-hydrogen) atoms. The molecule has 1 aromatic carbocycles. The third kappa shape index (κ3) is 5.75. The van der Waals surface area contributed by atoms with Gasteiger partial charge in [0.05, 0.1) is 6.54 Å². The molecule has 1 aromatic rings. The second kappa shape index (κ2) is 7.79. The van der Waals surface area contributed by atoms with Gasteiger partial charge in [0, 0.05) is 12.5 Å². The molecule has 0 saturated heterocycles. The molecule has 3 N–H and O–H groups in total. The van der Waals surface area contributed by atoms with Crippen molar-refractivity contribution in [1.29, 1.82) is 0 Å². The van der Waals surface area contributed by atoms with Crippen molar-refractivity contribution in [3.05, 3.63) is 29.3 Å². The highest BCUT2D eigenvalue weighted by Gasteiger charge is 2.05. The maximum atomic E-state index is 11.5. The minimum atomic E-state index is 0.0300. The van der Waals surface area contributed by atoms with Crippen LogP contribution in [0.1, 0.15) is 30.9 Å². The van der Waals surface area contributed by atoms with Gasteiger partial charge in [0.1, 0.15) is 12.4 Å². The number of hydrogen-bond acceptors (Lipinski definition) is 3. The predicted molar refractivity (Wildman–Crippen MR) is 77.3 cm³/mol. The van der Waals surface area contributed by atoms with Crippen molar-refractivity contribution in [3.63, 3.8) is 0 Å². The Labute approximate surface area is 115 Å². The molecule has 1 rings (SSSR count). The highest BCUT2D eigenvalue weighted by atomic mass is 16.5. The van der Waals surface area contributed by atoms with Crippen LogP contribution in [-0.4, -0.2) is 25.1 Å². The van der Waals surface area contributed by atoms with Crippen molar-refractivity contribution in [2.45, 2.75) is 39.7 Å². The fraction of sp³-hybridized carbons (Fsp3) is 0.533. The zero-order chi connectivity index (χ0) is 14.3. The zero-order valence-electron chi connectivity index (χ0n) is 12.0. The van der Waals surface area contributed by atoms with E-state index in [1.165, 1.54) is 0 Å². The van der Waals surface area contributed by atoms with Gasteiger partial charge in [-0.15, -0.1) is 0 Å². The van der Waals surface area contributed by atoms with Gasteiger partial charge >= 0.3 is 0 Å². The number of rotatable bonds is 7. The fourth-order valence-corrected chi connectivity index (χ4v) is 1.82. The third-order valence-electron chi connectivity index (χ3n) is 2.91. The lowest BCUT2D eigenvalue weighted by atomic mass is 10.1. The summed E-state index contributed by atoms with van der Waals surface area (Å²) in [6, 6.07) is 6.11. The van der Waals surface area contributed by atoms with E-state index in [2.05, 4.69) is 5.32 Å². The van der Waals surface area contributed by atoms with Crippen molar-refractivity contribution in [2.24, 2.45) is 5.73 Å². The number of ether oxygens (including phenoxy) is 1. The van der Waals surface area contributed by atoms with E-state index in [0.717, 1.165) is 16.9 Å². The maximum absolute atomic E-state index is 11.5. The van der Waals surface area contributed by atoms with Crippen LogP contribution in [0.15, 0.2) is 18.2 Å². The Balaban J connectivity index is 2.26. The number of benzene rings is 1. The van der Waals surface area contributed by atoms with Crippen molar-refractivity contribution in [2.75, 3.05) is 13.2 Å². The molecule has 0 aliphatic carbocycles. The van der Waals surface area contributed by atoms with Crippen LogP contribution in [0, 0.1) is 13.8 Å². The molecule has 106 valence electrons. The Bertz CT molecular complexity index is 396. The second-order valence-corrected chi connectivity index (χ2v) is 4.94. The summed E-state index contributed by atoms with van der Waals surface area (Å²) >= 11 is 0. The van der Waals surface area contributed by atoms with E-state index < -0.39 is 0 Å². The average Bonchev–Trinajstić information content (AvgIpc) is 2.35. The average molecular weight is 264 g/mol. The van der Waals surface area contributed by atoms with Crippen LogP contribution in [0.2, 0.25) is 0 Å². The summed E-state index contributed by atoms with van der Waals surface area (Å²) in [5.74, 6) is 0.940. The molecule has 1 amide bonds. The monoisotopic (exact) mass is 264 g/mol. The summed E-state index contributed by atoms with van der Waals surface area (Å²) in [5.41, 5.74) is 7.83. The van der Waals surface area contributed by atoms with Gasteiger partial charge in [0.2, 0.25) is 5.91 Å². The summed E-state index contributed by atoms with van der Waals surface area (Å²) in [6.07, 6.45) is 1.19. The SMILES string of the molecule is Cc1cccc(C)c1OCCNC(=O)CCC(C)N. The van der Waals surface area contributed by atoms with Crippen LogP contribution in [0.3, 0.4) is 0 Å². The summed E-state index contributed by atoms with van der Waals surface area (Å²) in [5, 5.41) is 2.83. The molecule has 0 radical (unpaired) electrons. The van der Waals surface area contributed by atoms with Gasteiger partial charge in [-0.3, -0.25) is 4.79 Å². The Morgan fingerprint density at radius 1 is 1.37 bits per heavy atom. The zero-order valence-corrected chi connectivity index (χ0v) is 12.0. The van der Waals surface area contributed by atoms with Gasteiger partial charge in [-0.1, -0.05) is 18.2 Å². The van der Waals surface area contributed by atoms with Crippen molar-refractivity contribution in [1.82, 2.24) is 5.32 Å². The number of amides is 1. The lowest BCUT2D eigenvalue weighted by molar-refractivity contribution is -0.121. The molecule has 0 aliphatic rings. The van der Waals surface area contributed by atoms with Crippen LogP contribution >= 0.6 is 0 Å². The minimum Gasteiger partial charge on any atom is -0.491 e. The number of aryl methyl sites for hydroxylation is 2. The van der Waals surface area contributed by atoms with Crippen molar-refractivity contribution in [3.8, 4) is 5.75 Å². The van der Waals surface area contributed by atoms with Crippen LogP contribution < -0.4 is 15.8 Å². The van der Waals surface area contributed by atoms with Crippen LogP contribution in [-0.2, 0) is 4.79 Å². The largest absolute Gasteiger partial charge is 0.491 e. The van der Waals surface area contributed by atoms with E-state index in [4.69, 9.17) is 10.5 Å². The Morgan fingerprint density at radius 2 is 2.00 bits per heavy atom. The van der Waals surface area contributed by atoms with Gasteiger partial charge in [0.25, 0.3) is 0 Å². The Morgan fingerprint density at radius 3 is 2.58 bits per heavy atom. The first-order valence-electron chi connectivity index (χ1n) is 6.72. The number of carbonyl (C=O) groups excluding carboxylic acids is 1. The predicted octanol–water partition coefficient (Wildman–Crippen LogP) is 1.93. The van der Waals surface area contributed by atoms with E-state index in [0.29, 0.717) is 26.0 Å². The van der Waals surface area contributed by atoms with E-state index in [1.807, 2.05) is 39.0 Å². The molecule has 0 saturated carbocycles. The molecule has 0 aliphatic heterocycles. The molecule has 1 unspecified atom stereocenters. The molecule has 1 atom stereocenters. The summed E-state index contributed by atoms with van der Waals surface area (Å²) in [7, 11) is 0. The number of nitrogens with one attached hydrogen (secondary N) is 1. The molecule has 4 nitrogen and oxygen atoms in total. The summed E-state index contributed by atoms with van der Waals surface area (Å²) in [4.78, 5) is 11.5. The molecule has 4 heteroatoms. The van der Waals surface area contributed by atoms with Crippen LogP contribution in [0.4, 0.5) is 0 Å². The molecular weight excluding hydrogens is 240 g/mol. The Hall–Kier alpha value is -1.55. The lowest BCUT2D eigenvalue weighted by Crippen LogP contribution is -2.29.